The van der Waals surface area contributed by atoms with Gasteiger partial charge in [-0.1, -0.05) is 72.3 Å². The first-order valence-electron chi connectivity index (χ1n) is 8.84. The molecule has 1 amide bonds. The Morgan fingerprint density at radius 2 is 1.61 bits per heavy atom. The van der Waals surface area contributed by atoms with E-state index >= 15 is 0 Å². The van der Waals surface area contributed by atoms with E-state index in [4.69, 9.17) is 11.6 Å². The van der Waals surface area contributed by atoms with Crippen LogP contribution in [0.5, 0.6) is 0 Å². The SMILES string of the molecule is O=C(Cc1csc(-c2ccc(Cl)cc2)n1)Nc1ccccc1-c1ccccc1. The van der Waals surface area contributed by atoms with Gasteiger partial charge in [0.2, 0.25) is 5.91 Å². The minimum Gasteiger partial charge on any atom is -0.325 e. The number of aromatic nitrogens is 1. The van der Waals surface area contributed by atoms with E-state index in [0.29, 0.717) is 5.02 Å². The average molecular weight is 405 g/mol. The normalized spacial score (nSPS) is 10.6. The molecule has 3 aromatic carbocycles. The highest BCUT2D eigenvalue weighted by atomic mass is 35.5. The number of halogens is 1. The lowest BCUT2D eigenvalue weighted by atomic mass is 10.0. The molecular weight excluding hydrogens is 388 g/mol. The molecule has 0 atom stereocenters. The van der Waals surface area contributed by atoms with E-state index in [1.807, 2.05) is 84.2 Å². The number of para-hydroxylation sites is 1. The molecule has 138 valence electrons. The predicted octanol–water partition coefficient (Wildman–Crippen LogP) is 6.31. The smallest absolute Gasteiger partial charge is 0.230 e. The van der Waals surface area contributed by atoms with Gasteiger partial charge in [0.25, 0.3) is 0 Å². The Hall–Kier alpha value is -2.95. The van der Waals surface area contributed by atoms with E-state index in [2.05, 4.69) is 10.3 Å². The van der Waals surface area contributed by atoms with Crippen molar-refractivity contribution in [1.82, 2.24) is 4.98 Å². The largest absolute Gasteiger partial charge is 0.325 e. The molecule has 0 saturated carbocycles. The van der Waals surface area contributed by atoms with Crippen LogP contribution in [0.15, 0.2) is 84.2 Å². The van der Waals surface area contributed by atoms with Gasteiger partial charge in [-0.3, -0.25) is 4.79 Å². The van der Waals surface area contributed by atoms with Crippen LogP contribution in [-0.4, -0.2) is 10.9 Å². The molecule has 0 saturated heterocycles. The third-order valence-corrected chi connectivity index (χ3v) is 5.46. The minimum absolute atomic E-state index is 0.0867. The lowest BCUT2D eigenvalue weighted by Crippen LogP contribution is -2.15. The number of rotatable bonds is 5. The zero-order valence-electron chi connectivity index (χ0n) is 14.9. The van der Waals surface area contributed by atoms with Crippen molar-refractivity contribution in [2.24, 2.45) is 0 Å². The maximum atomic E-state index is 12.6. The fourth-order valence-corrected chi connectivity index (χ4v) is 3.89. The van der Waals surface area contributed by atoms with Crippen molar-refractivity contribution >= 4 is 34.5 Å². The summed E-state index contributed by atoms with van der Waals surface area (Å²) in [4.78, 5) is 17.2. The van der Waals surface area contributed by atoms with E-state index in [-0.39, 0.29) is 12.3 Å². The highest BCUT2D eigenvalue weighted by molar-refractivity contribution is 7.13. The molecule has 0 bridgehead atoms. The summed E-state index contributed by atoms with van der Waals surface area (Å²) in [7, 11) is 0. The summed E-state index contributed by atoms with van der Waals surface area (Å²) in [6, 6.07) is 25.4. The molecule has 0 aliphatic rings. The molecule has 0 unspecified atom stereocenters. The van der Waals surface area contributed by atoms with Crippen LogP contribution in [0.2, 0.25) is 5.02 Å². The predicted molar refractivity (Wildman–Crippen MR) is 117 cm³/mol. The number of carbonyl (C=O) groups is 1. The second-order valence-electron chi connectivity index (χ2n) is 6.29. The van der Waals surface area contributed by atoms with E-state index < -0.39 is 0 Å². The van der Waals surface area contributed by atoms with Crippen molar-refractivity contribution in [3.05, 3.63) is 95.0 Å². The maximum Gasteiger partial charge on any atom is 0.230 e. The maximum absolute atomic E-state index is 12.6. The molecule has 0 spiro atoms. The average Bonchev–Trinajstić information content (AvgIpc) is 3.18. The molecule has 28 heavy (non-hydrogen) atoms. The van der Waals surface area contributed by atoms with Gasteiger partial charge in [-0.25, -0.2) is 4.98 Å². The zero-order valence-corrected chi connectivity index (χ0v) is 16.5. The molecular formula is C23H17ClN2OS. The second kappa shape index (κ2) is 8.38. The topological polar surface area (TPSA) is 42.0 Å². The molecule has 4 rings (SSSR count). The summed E-state index contributed by atoms with van der Waals surface area (Å²) in [6.07, 6.45) is 0.229. The van der Waals surface area contributed by atoms with Crippen molar-refractivity contribution in [1.29, 1.82) is 0 Å². The lowest BCUT2D eigenvalue weighted by Gasteiger charge is -2.11. The van der Waals surface area contributed by atoms with E-state index in [0.717, 1.165) is 33.1 Å². The first kappa shape index (κ1) is 18.4. The number of hydrogen-bond donors (Lipinski definition) is 1. The van der Waals surface area contributed by atoms with Crippen LogP contribution in [-0.2, 0) is 11.2 Å². The van der Waals surface area contributed by atoms with Crippen LogP contribution < -0.4 is 5.32 Å². The Morgan fingerprint density at radius 3 is 2.39 bits per heavy atom. The van der Waals surface area contributed by atoms with Crippen molar-refractivity contribution in [3.8, 4) is 21.7 Å². The van der Waals surface area contributed by atoms with Crippen molar-refractivity contribution in [3.63, 3.8) is 0 Å². The molecule has 3 nitrogen and oxygen atoms in total. The Balaban J connectivity index is 1.48. The van der Waals surface area contributed by atoms with E-state index in [9.17, 15) is 4.79 Å². The number of nitrogens with one attached hydrogen (secondary N) is 1. The quantitative estimate of drug-likeness (QED) is 0.423. The monoisotopic (exact) mass is 404 g/mol. The number of hydrogen-bond acceptors (Lipinski definition) is 3. The summed E-state index contributed by atoms with van der Waals surface area (Å²) < 4.78 is 0. The van der Waals surface area contributed by atoms with Gasteiger partial charge in [-0.05, 0) is 23.8 Å². The number of nitrogens with zero attached hydrogens (tertiary/aromatic N) is 1. The van der Waals surface area contributed by atoms with Crippen LogP contribution in [0.1, 0.15) is 5.69 Å². The zero-order chi connectivity index (χ0) is 19.3. The molecule has 1 aromatic heterocycles. The van der Waals surface area contributed by atoms with Crippen molar-refractivity contribution < 1.29 is 4.79 Å². The third-order valence-electron chi connectivity index (χ3n) is 4.27. The Morgan fingerprint density at radius 1 is 0.893 bits per heavy atom. The highest BCUT2D eigenvalue weighted by Gasteiger charge is 2.12. The Bertz CT molecular complexity index is 1090. The van der Waals surface area contributed by atoms with Gasteiger partial charge >= 0.3 is 0 Å². The van der Waals surface area contributed by atoms with Gasteiger partial charge in [0.05, 0.1) is 12.1 Å². The minimum atomic E-state index is -0.0867. The summed E-state index contributed by atoms with van der Waals surface area (Å²) in [6.45, 7) is 0. The van der Waals surface area contributed by atoms with Crippen LogP contribution in [0.25, 0.3) is 21.7 Å². The molecule has 0 aliphatic heterocycles. The van der Waals surface area contributed by atoms with Crippen molar-refractivity contribution in [2.45, 2.75) is 6.42 Å². The molecule has 4 aromatic rings. The van der Waals surface area contributed by atoms with Crippen molar-refractivity contribution in [2.75, 3.05) is 5.32 Å². The Kier molecular flexibility index (Phi) is 5.51. The van der Waals surface area contributed by atoms with Crippen LogP contribution in [0.3, 0.4) is 0 Å². The molecule has 1 N–H and O–H groups in total. The number of carbonyl (C=O) groups excluding carboxylic acids is 1. The Labute approximate surface area is 172 Å². The molecule has 5 heteroatoms. The molecule has 0 aliphatic carbocycles. The second-order valence-corrected chi connectivity index (χ2v) is 7.58. The summed E-state index contributed by atoms with van der Waals surface area (Å²) in [5.74, 6) is -0.0867. The summed E-state index contributed by atoms with van der Waals surface area (Å²) in [5.41, 5.74) is 4.61. The van der Waals surface area contributed by atoms with Crippen LogP contribution >= 0.6 is 22.9 Å². The van der Waals surface area contributed by atoms with E-state index in [1.54, 1.807) is 0 Å². The van der Waals surface area contributed by atoms with Gasteiger partial charge in [-0.15, -0.1) is 11.3 Å². The molecule has 0 fully saturated rings. The third kappa shape index (κ3) is 4.30. The fourth-order valence-electron chi connectivity index (χ4n) is 2.93. The number of benzene rings is 3. The van der Waals surface area contributed by atoms with Gasteiger partial charge in [-0.2, -0.15) is 0 Å². The lowest BCUT2D eigenvalue weighted by molar-refractivity contribution is -0.115. The number of anilines is 1. The van der Waals surface area contributed by atoms with Gasteiger partial charge in [0.1, 0.15) is 5.01 Å². The summed E-state index contributed by atoms with van der Waals surface area (Å²) >= 11 is 7.46. The van der Waals surface area contributed by atoms with Gasteiger partial charge in [0, 0.05) is 27.2 Å². The summed E-state index contributed by atoms with van der Waals surface area (Å²) in [5, 5.41) is 6.52. The highest BCUT2D eigenvalue weighted by Crippen LogP contribution is 2.28. The molecule has 0 radical (unpaired) electrons. The van der Waals surface area contributed by atoms with Crippen LogP contribution in [0, 0.1) is 0 Å². The first-order valence-corrected chi connectivity index (χ1v) is 10.1. The van der Waals surface area contributed by atoms with E-state index in [1.165, 1.54) is 11.3 Å². The number of amides is 1. The van der Waals surface area contributed by atoms with Gasteiger partial charge < -0.3 is 5.32 Å². The van der Waals surface area contributed by atoms with Crippen LogP contribution in [0.4, 0.5) is 5.69 Å². The first-order chi connectivity index (χ1) is 13.7. The fraction of sp³-hybridized carbons (Fsp3) is 0.0435. The standard InChI is InChI=1S/C23H17ClN2OS/c24-18-12-10-17(11-13-18)23-25-19(15-28-23)14-22(27)26-21-9-5-4-8-20(21)16-6-2-1-3-7-16/h1-13,15H,14H2,(H,26,27). The number of thiazole rings is 1. The van der Waals surface area contributed by atoms with Gasteiger partial charge in [0.15, 0.2) is 0 Å². The molecule has 1 heterocycles.